The van der Waals surface area contributed by atoms with Gasteiger partial charge in [0.25, 0.3) is 0 Å². The van der Waals surface area contributed by atoms with E-state index < -0.39 is 0 Å². The first-order valence-electron chi connectivity index (χ1n) is 11.5. The fraction of sp³-hybridized carbons (Fsp3) is 0.100. The largest absolute Gasteiger partial charge is 0.513 e. The number of aliphatic hydroxyl groups is 1. The number of nitrogens with zero attached hydrogens (tertiary/aromatic N) is 3. The Bertz CT molecular complexity index is 1370. The minimum absolute atomic E-state index is 0.181. The van der Waals surface area contributed by atoms with Gasteiger partial charge in [0.05, 0.1) is 12.2 Å². The Morgan fingerprint density at radius 1 is 1.03 bits per heavy atom. The van der Waals surface area contributed by atoms with E-state index in [1.54, 1.807) is 18.5 Å². The maximum absolute atomic E-state index is 9.27. The van der Waals surface area contributed by atoms with Crippen molar-refractivity contribution >= 4 is 17.4 Å². The molecule has 0 unspecified atom stereocenters. The molecule has 0 spiro atoms. The zero-order chi connectivity index (χ0) is 25.9. The van der Waals surface area contributed by atoms with E-state index in [1.165, 1.54) is 0 Å². The quantitative estimate of drug-likeness (QED) is 0.167. The normalized spacial score (nSPS) is 13.0. The van der Waals surface area contributed by atoms with Crippen LogP contribution in [-0.4, -0.2) is 28.3 Å². The van der Waals surface area contributed by atoms with Crippen LogP contribution in [0.1, 0.15) is 29.2 Å². The van der Waals surface area contributed by atoms with Crippen LogP contribution in [0.3, 0.4) is 0 Å². The van der Waals surface area contributed by atoms with Crippen molar-refractivity contribution in [1.82, 2.24) is 4.98 Å². The van der Waals surface area contributed by atoms with Crippen LogP contribution in [0.15, 0.2) is 120 Å². The molecule has 5 N–H and O–H groups in total. The highest BCUT2D eigenvalue weighted by Gasteiger charge is 2.15. The maximum Gasteiger partial charge on any atom is 0.158 e. The zero-order valence-electron chi connectivity index (χ0n) is 20.6. The minimum atomic E-state index is 0.181. The molecular formula is C30H31N5O. The first-order valence-corrected chi connectivity index (χ1v) is 11.5. The summed E-state index contributed by atoms with van der Waals surface area (Å²) in [5, 5.41) is 9.27. The number of rotatable bonds is 8. The Morgan fingerprint density at radius 3 is 2.50 bits per heavy atom. The number of aliphatic hydroxyl groups excluding tert-OH is 1. The molecule has 0 fully saturated rings. The van der Waals surface area contributed by atoms with Crippen LogP contribution in [0.5, 0.6) is 0 Å². The lowest BCUT2D eigenvalue weighted by Gasteiger charge is -2.14. The summed E-state index contributed by atoms with van der Waals surface area (Å²) in [5.41, 5.74) is 18.3. The molecule has 3 rings (SSSR count). The summed E-state index contributed by atoms with van der Waals surface area (Å²) in [6.45, 7) is 8.44. The topological polar surface area (TPSA) is 110 Å². The highest BCUT2D eigenvalue weighted by molar-refractivity contribution is 6.14. The molecule has 1 aromatic heterocycles. The SMILES string of the molecule is C=C(/C=C\C=C/C)CN=C(N=C(N)c1cncc(/C(N)=C/O)c1)c1c(C)cccc1-c1ccccc1. The Labute approximate surface area is 212 Å². The molecule has 36 heavy (non-hydrogen) atoms. The molecule has 2 aromatic carbocycles. The van der Waals surface area contributed by atoms with Crippen LogP contribution in [0.2, 0.25) is 0 Å². The number of pyridine rings is 1. The first-order chi connectivity index (χ1) is 17.4. The molecule has 0 atom stereocenters. The number of benzene rings is 2. The van der Waals surface area contributed by atoms with E-state index in [0.717, 1.165) is 34.1 Å². The first kappa shape index (κ1) is 25.9. The number of aromatic nitrogens is 1. The average Bonchev–Trinajstić information content (AvgIpc) is 2.91. The number of allylic oxidation sites excluding steroid dienone is 3. The van der Waals surface area contributed by atoms with Gasteiger partial charge in [0.15, 0.2) is 5.84 Å². The molecule has 0 aliphatic rings. The summed E-state index contributed by atoms with van der Waals surface area (Å²) in [7, 11) is 0. The van der Waals surface area contributed by atoms with Gasteiger partial charge in [0.2, 0.25) is 0 Å². The van der Waals surface area contributed by atoms with Crippen LogP contribution in [0, 0.1) is 6.92 Å². The number of hydrogen-bond acceptors (Lipinski definition) is 4. The Kier molecular flexibility index (Phi) is 9.12. The summed E-state index contributed by atoms with van der Waals surface area (Å²) < 4.78 is 0. The average molecular weight is 478 g/mol. The fourth-order valence-corrected chi connectivity index (χ4v) is 3.52. The number of aryl methyl sites for hydroxylation is 1. The summed E-state index contributed by atoms with van der Waals surface area (Å²) in [5.74, 6) is 0.715. The molecule has 3 aromatic rings. The highest BCUT2D eigenvalue weighted by atomic mass is 16.2. The molecule has 0 saturated carbocycles. The van der Waals surface area contributed by atoms with E-state index in [2.05, 4.69) is 29.8 Å². The summed E-state index contributed by atoms with van der Waals surface area (Å²) in [6.07, 6.45) is 11.7. The van der Waals surface area contributed by atoms with E-state index in [1.807, 2.05) is 68.5 Å². The monoisotopic (exact) mass is 477 g/mol. The van der Waals surface area contributed by atoms with Gasteiger partial charge in [-0.05, 0) is 42.2 Å². The fourth-order valence-electron chi connectivity index (χ4n) is 3.52. The van der Waals surface area contributed by atoms with E-state index in [9.17, 15) is 5.11 Å². The van der Waals surface area contributed by atoms with Gasteiger partial charge in [-0.15, -0.1) is 0 Å². The summed E-state index contributed by atoms with van der Waals surface area (Å²) in [6, 6.07) is 17.9. The van der Waals surface area contributed by atoms with Gasteiger partial charge in [-0.25, -0.2) is 4.99 Å². The number of hydrogen-bond donors (Lipinski definition) is 3. The lowest BCUT2D eigenvalue weighted by atomic mass is 9.95. The molecular weight excluding hydrogens is 446 g/mol. The molecule has 0 aliphatic heterocycles. The van der Waals surface area contributed by atoms with Gasteiger partial charge in [-0.1, -0.05) is 79.4 Å². The maximum atomic E-state index is 9.27. The third-order valence-corrected chi connectivity index (χ3v) is 5.38. The second-order valence-electron chi connectivity index (χ2n) is 8.09. The smallest absolute Gasteiger partial charge is 0.158 e. The predicted octanol–water partition coefficient (Wildman–Crippen LogP) is 5.71. The third-order valence-electron chi connectivity index (χ3n) is 5.38. The van der Waals surface area contributed by atoms with Crippen LogP contribution >= 0.6 is 0 Å². The minimum Gasteiger partial charge on any atom is -0.513 e. The number of nitrogens with two attached hydrogens (primary N) is 2. The molecule has 6 nitrogen and oxygen atoms in total. The van der Waals surface area contributed by atoms with Crippen molar-refractivity contribution in [1.29, 1.82) is 0 Å². The van der Waals surface area contributed by atoms with Gasteiger partial charge >= 0.3 is 0 Å². The summed E-state index contributed by atoms with van der Waals surface area (Å²) in [4.78, 5) is 13.8. The van der Waals surface area contributed by atoms with E-state index in [-0.39, 0.29) is 11.5 Å². The lowest BCUT2D eigenvalue weighted by Crippen LogP contribution is -2.18. The molecule has 0 amide bonds. The standard InChI is InChI=1S/C30H31N5O/c1-4-5-7-11-21(2)17-34-30(35-29(32)25-16-24(18-33-19-25)27(31)20-36)28-22(3)12-10-15-26(28)23-13-8-6-9-14-23/h4-16,18-20,36H,2,17,31H2,1,3H3,(H2,32,34,35)/b5-4-,11-7-,27-20-. The number of aliphatic imine (C=N–C) groups is 2. The molecule has 0 saturated heterocycles. The molecule has 182 valence electrons. The van der Waals surface area contributed by atoms with E-state index in [4.69, 9.17) is 21.5 Å². The van der Waals surface area contributed by atoms with Crippen molar-refractivity contribution in [3.8, 4) is 11.1 Å². The Balaban J connectivity index is 2.14. The number of amidine groups is 2. The van der Waals surface area contributed by atoms with Gasteiger partial charge in [0, 0.05) is 29.1 Å². The lowest BCUT2D eigenvalue weighted by molar-refractivity contribution is 0.475. The van der Waals surface area contributed by atoms with Crippen LogP contribution in [0.25, 0.3) is 16.8 Å². The second-order valence-corrected chi connectivity index (χ2v) is 8.09. The van der Waals surface area contributed by atoms with Gasteiger partial charge in [0.1, 0.15) is 12.1 Å². The molecule has 0 aliphatic carbocycles. The van der Waals surface area contributed by atoms with Gasteiger partial charge in [-0.2, -0.15) is 0 Å². The summed E-state index contributed by atoms with van der Waals surface area (Å²) >= 11 is 0. The van der Waals surface area contributed by atoms with Crippen molar-refractivity contribution in [2.75, 3.05) is 6.54 Å². The predicted molar refractivity (Wildman–Crippen MR) is 151 cm³/mol. The van der Waals surface area contributed by atoms with Crippen molar-refractivity contribution in [3.63, 3.8) is 0 Å². The molecule has 0 bridgehead atoms. The van der Waals surface area contributed by atoms with Crippen molar-refractivity contribution in [2.45, 2.75) is 13.8 Å². The van der Waals surface area contributed by atoms with E-state index >= 15 is 0 Å². The van der Waals surface area contributed by atoms with Crippen molar-refractivity contribution < 1.29 is 5.11 Å². The van der Waals surface area contributed by atoms with Crippen LogP contribution in [0.4, 0.5) is 0 Å². The molecule has 1 heterocycles. The highest BCUT2D eigenvalue weighted by Crippen LogP contribution is 2.27. The Morgan fingerprint density at radius 2 is 1.78 bits per heavy atom. The zero-order valence-corrected chi connectivity index (χ0v) is 20.6. The Hall–Kier alpha value is -4.71. The second kappa shape index (κ2) is 12.7. The van der Waals surface area contributed by atoms with Gasteiger partial charge in [-0.3, -0.25) is 9.98 Å². The molecule has 6 heteroatoms. The third kappa shape index (κ3) is 6.67. The van der Waals surface area contributed by atoms with Crippen LogP contribution < -0.4 is 11.5 Å². The van der Waals surface area contributed by atoms with E-state index in [0.29, 0.717) is 23.5 Å². The van der Waals surface area contributed by atoms with Gasteiger partial charge < -0.3 is 16.6 Å². The van der Waals surface area contributed by atoms with Crippen molar-refractivity contribution in [3.05, 3.63) is 132 Å². The van der Waals surface area contributed by atoms with Crippen molar-refractivity contribution in [2.24, 2.45) is 21.5 Å². The van der Waals surface area contributed by atoms with Crippen LogP contribution in [-0.2, 0) is 0 Å². The molecule has 0 radical (unpaired) electrons.